The van der Waals surface area contributed by atoms with Gasteiger partial charge in [-0.15, -0.1) is 0 Å². The highest BCUT2D eigenvalue weighted by molar-refractivity contribution is 5.99. The molecule has 1 aromatic carbocycles. The van der Waals surface area contributed by atoms with Crippen molar-refractivity contribution >= 4 is 17.6 Å². The van der Waals surface area contributed by atoms with E-state index in [0.29, 0.717) is 0 Å². The average molecular weight is 380 g/mol. The van der Waals surface area contributed by atoms with Crippen LogP contribution in [0, 0.1) is 10.1 Å². The summed E-state index contributed by atoms with van der Waals surface area (Å²) in [6.07, 6.45) is -5.16. The molecule has 1 N–H and O–H groups in total. The van der Waals surface area contributed by atoms with Gasteiger partial charge in [0, 0.05) is 19.0 Å². The number of rotatable bonds is 5. The zero-order chi connectivity index (χ0) is 19.7. The molecule has 1 atom stereocenters. The molecule has 0 saturated carbocycles. The molecule has 1 aliphatic rings. The van der Waals surface area contributed by atoms with E-state index in [9.17, 15) is 37.3 Å². The maximum atomic E-state index is 14.1. The van der Waals surface area contributed by atoms with E-state index >= 15 is 0 Å². The largest absolute Gasteiger partial charge is 0.484 e. The van der Waals surface area contributed by atoms with Crippen molar-refractivity contribution in [3.05, 3.63) is 33.9 Å². The molecule has 1 heterocycles. The minimum Gasteiger partial charge on any atom is -0.484 e. The van der Waals surface area contributed by atoms with E-state index in [-0.39, 0.29) is 6.54 Å². The number of hydrogen-bond acceptors (Lipinski definition) is 5. The SMILES string of the molecule is O=C(c1cc(OCC(F)(F)F)ccc1[N+](=O)[O-])N1CCC(F)(C(=O)O)C1. The normalized spacial score (nSPS) is 20.1. The molecule has 0 bridgehead atoms. The molecule has 26 heavy (non-hydrogen) atoms. The fraction of sp³-hybridized carbons (Fsp3) is 0.429. The number of carboxylic acid groups (broad SMARTS) is 1. The van der Waals surface area contributed by atoms with Crippen LogP contribution in [0.25, 0.3) is 0 Å². The summed E-state index contributed by atoms with van der Waals surface area (Å²) in [7, 11) is 0. The maximum absolute atomic E-state index is 14.1. The first-order chi connectivity index (χ1) is 11.9. The number of nitrogens with zero attached hydrogens (tertiary/aromatic N) is 2. The van der Waals surface area contributed by atoms with E-state index in [1.807, 2.05) is 0 Å². The summed E-state index contributed by atoms with van der Waals surface area (Å²) in [4.78, 5) is 34.2. The fourth-order valence-electron chi connectivity index (χ4n) is 2.39. The van der Waals surface area contributed by atoms with Gasteiger partial charge in [-0.25, -0.2) is 9.18 Å². The number of benzene rings is 1. The Kier molecular flexibility index (Phi) is 5.05. The molecule has 142 valence electrons. The van der Waals surface area contributed by atoms with Crippen molar-refractivity contribution < 1.29 is 41.9 Å². The van der Waals surface area contributed by atoms with Gasteiger partial charge in [0.05, 0.1) is 11.5 Å². The van der Waals surface area contributed by atoms with Gasteiger partial charge in [0.2, 0.25) is 5.67 Å². The minimum atomic E-state index is -4.66. The van der Waals surface area contributed by atoms with Crippen LogP contribution in [-0.4, -0.2) is 58.3 Å². The molecule has 0 aromatic heterocycles. The molecule has 12 heteroatoms. The van der Waals surface area contributed by atoms with Crippen molar-refractivity contribution in [1.82, 2.24) is 4.90 Å². The minimum absolute atomic E-state index is 0.313. The molecule has 1 amide bonds. The molecule has 1 unspecified atom stereocenters. The lowest BCUT2D eigenvalue weighted by Crippen LogP contribution is -2.39. The van der Waals surface area contributed by atoms with Gasteiger partial charge >= 0.3 is 12.1 Å². The highest BCUT2D eigenvalue weighted by Crippen LogP contribution is 2.31. The van der Waals surface area contributed by atoms with Gasteiger partial charge in [-0.05, 0) is 12.1 Å². The van der Waals surface area contributed by atoms with Crippen LogP contribution in [0.5, 0.6) is 5.75 Å². The van der Waals surface area contributed by atoms with Crippen LogP contribution >= 0.6 is 0 Å². The van der Waals surface area contributed by atoms with Gasteiger partial charge in [-0.3, -0.25) is 14.9 Å². The fourth-order valence-corrected chi connectivity index (χ4v) is 2.39. The monoisotopic (exact) mass is 380 g/mol. The van der Waals surface area contributed by atoms with E-state index in [2.05, 4.69) is 4.74 Å². The molecule has 0 radical (unpaired) electrons. The highest BCUT2D eigenvalue weighted by Gasteiger charge is 2.47. The Balaban J connectivity index is 2.29. The number of aliphatic carboxylic acids is 1. The summed E-state index contributed by atoms with van der Waals surface area (Å²) in [5, 5.41) is 19.9. The smallest absolute Gasteiger partial charge is 0.422 e. The van der Waals surface area contributed by atoms with E-state index in [4.69, 9.17) is 5.11 Å². The summed E-state index contributed by atoms with van der Waals surface area (Å²) in [5.41, 5.74) is -4.03. The van der Waals surface area contributed by atoms with Crippen LogP contribution < -0.4 is 4.74 Å². The Morgan fingerprint density at radius 2 is 2.04 bits per heavy atom. The van der Waals surface area contributed by atoms with Crippen molar-refractivity contribution in [1.29, 1.82) is 0 Å². The van der Waals surface area contributed by atoms with Crippen LogP contribution in [0.4, 0.5) is 23.2 Å². The zero-order valence-corrected chi connectivity index (χ0v) is 13.0. The number of hydrogen-bond donors (Lipinski definition) is 1. The van der Waals surface area contributed by atoms with Crippen molar-refractivity contribution in [3.8, 4) is 5.75 Å². The van der Waals surface area contributed by atoms with E-state index < -0.39 is 65.2 Å². The number of nitro groups is 1. The molecule has 0 aliphatic carbocycles. The molecule has 1 aliphatic heterocycles. The van der Waals surface area contributed by atoms with E-state index in [0.717, 1.165) is 23.1 Å². The third kappa shape index (κ3) is 4.18. The lowest BCUT2D eigenvalue weighted by atomic mass is 10.1. The Labute approximate surface area is 143 Å². The lowest BCUT2D eigenvalue weighted by Gasteiger charge is -2.18. The standard InChI is InChI=1S/C14H12F4N2O6/c15-13(12(22)23)3-4-19(6-13)11(21)9-5-8(26-7-14(16,17)18)1-2-10(9)20(24)25/h1-2,5H,3-4,6-7H2,(H,22,23). The molecule has 1 aromatic rings. The number of alkyl halides is 4. The van der Waals surface area contributed by atoms with Crippen molar-refractivity contribution in [2.45, 2.75) is 18.3 Å². The first kappa shape index (κ1) is 19.4. The Morgan fingerprint density at radius 3 is 2.54 bits per heavy atom. The summed E-state index contributed by atoms with van der Waals surface area (Å²) >= 11 is 0. The van der Waals surface area contributed by atoms with Crippen molar-refractivity contribution in [3.63, 3.8) is 0 Å². The van der Waals surface area contributed by atoms with Gasteiger partial charge in [-0.2, -0.15) is 13.2 Å². The number of likely N-dealkylation sites (tertiary alicyclic amines) is 1. The number of carbonyl (C=O) groups excluding carboxylic acids is 1. The Morgan fingerprint density at radius 1 is 1.38 bits per heavy atom. The number of ether oxygens (including phenoxy) is 1. The summed E-state index contributed by atoms with van der Waals surface area (Å²) in [6, 6.07) is 2.42. The molecule has 0 spiro atoms. The Bertz CT molecular complexity index is 753. The third-order valence-corrected chi connectivity index (χ3v) is 3.69. The quantitative estimate of drug-likeness (QED) is 0.476. The van der Waals surface area contributed by atoms with Crippen LogP contribution in [0.15, 0.2) is 18.2 Å². The second kappa shape index (κ2) is 6.77. The molecule has 1 saturated heterocycles. The molecular formula is C14H12F4N2O6. The number of amides is 1. The van der Waals surface area contributed by atoms with Crippen LogP contribution in [0.1, 0.15) is 16.8 Å². The van der Waals surface area contributed by atoms with Gasteiger partial charge in [-0.1, -0.05) is 0 Å². The van der Waals surface area contributed by atoms with Crippen LogP contribution in [-0.2, 0) is 4.79 Å². The van der Waals surface area contributed by atoms with Gasteiger partial charge in [0.25, 0.3) is 11.6 Å². The Hall–Kier alpha value is -2.92. The average Bonchev–Trinajstić information content (AvgIpc) is 2.95. The second-order valence-electron chi connectivity index (χ2n) is 5.59. The summed E-state index contributed by atoms with van der Waals surface area (Å²) in [5.74, 6) is -3.29. The topological polar surface area (TPSA) is 110 Å². The zero-order valence-electron chi connectivity index (χ0n) is 13.0. The van der Waals surface area contributed by atoms with Gasteiger partial charge < -0.3 is 14.7 Å². The first-order valence-corrected chi connectivity index (χ1v) is 7.12. The van der Waals surface area contributed by atoms with E-state index in [1.54, 1.807) is 0 Å². The summed E-state index contributed by atoms with van der Waals surface area (Å²) < 4.78 is 55.2. The van der Waals surface area contributed by atoms with Crippen LogP contribution in [0.2, 0.25) is 0 Å². The molecule has 2 rings (SSSR count). The van der Waals surface area contributed by atoms with Crippen LogP contribution in [0.3, 0.4) is 0 Å². The number of nitro benzene ring substituents is 1. The van der Waals surface area contributed by atoms with Crippen molar-refractivity contribution in [2.24, 2.45) is 0 Å². The van der Waals surface area contributed by atoms with Crippen molar-refractivity contribution in [2.75, 3.05) is 19.7 Å². The maximum Gasteiger partial charge on any atom is 0.422 e. The number of carboxylic acids is 1. The van der Waals surface area contributed by atoms with E-state index in [1.165, 1.54) is 0 Å². The second-order valence-corrected chi connectivity index (χ2v) is 5.59. The lowest BCUT2D eigenvalue weighted by molar-refractivity contribution is -0.385. The number of halogens is 4. The molecule has 8 nitrogen and oxygen atoms in total. The predicted octanol–water partition coefficient (Wildman–Crippen LogP) is 2.17. The van der Waals surface area contributed by atoms with Gasteiger partial charge in [0.1, 0.15) is 11.3 Å². The highest BCUT2D eigenvalue weighted by atomic mass is 19.4. The third-order valence-electron chi connectivity index (χ3n) is 3.69. The first-order valence-electron chi connectivity index (χ1n) is 7.12. The number of carbonyl (C=O) groups is 2. The summed E-state index contributed by atoms with van der Waals surface area (Å²) in [6.45, 7) is -2.81. The van der Waals surface area contributed by atoms with Gasteiger partial charge in [0.15, 0.2) is 6.61 Å². The predicted molar refractivity (Wildman–Crippen MR) is 76.6 cm³/mol. The molecular weight excluding hydrogens is 368 g/mol. The molecule has 1 fully saturated rings.